The molecule has 0 spiro atoms. The van der Waals surface area contributed by atoms with Gasteiger partial charge in [0.25, 0.3) is 0 Å². The Bertz CT molecular complexity index is 711. The lowest BCUT2D eigenvalue weighted by atomic mass is 10.3. The van der Waals surface area contributed by atoms with E-state index in [2.05, 4.69) is 10.2 Å². The van der Waals surface area contributed by atoms with Gasteiger partial charge < -0.3 is 9.47 Å². The van der Waals surface area contributed by atoms with Crippen molar-refractivity contribution in [3.05, 3.63) is 48.5 Å². The molecule has 2 aromatic rings. The van der Waals surface area contributed by atoms with E-state index in [4.69, 9.17) is 9.47 Å². The molecule has 0 amide bonds. The van der Waals surface area contributed by atoms with Crippen LogP contribution in [0, 0.1) is 0 Å². The minimum absolute atomic E-state index is 0.239. The second-order valence-electron chi connectivity index (χ2n) is 4.35. The molecule has 0 aliphatic heterocycles. The molecule has 0 radical (unpaired) electrons. The topological polar surface area (TPSA) is 77.3 Å². The van der Waals surface area contributed by atoms with Crippen LogP contribution in [0.2, 0.25) is 0 Å². The first kappa shape index (κ1) is 15.4. The first-order valence-electron chi connectivity index (χ1n) is 6.52. The van der Waals surface area contributed by atoms with Gasteiger partial charge >= 0.3 is 11.9 Å². The zero-order valence-corrected chi connectivity index (χ0v) is 12.1. The van der Waals surface area contributed by atoms with Crippen LogP contribution in [0.3, 0.4) is 0 Å². The van der Waals surface area contributed by atoms with Crippen LogP contribution in [-0.2, 0) is 9.59 Å². The number of ether oxygens (including phenoxy) is 2. The molecule has 0 aromatic heterocycles. The molecule has 6 heteroatoms. The minimum Gasteiger partial charge on any atom is -0.427 e. The molecule has 6 nitrogen and oxygen atoms in total. The third-order valence-corrected chi connectivity index (χ3v) is 2.48. The fourth-order valence-corrected chi connectivity index (χ4v) is 1.65. The number of nitrogens with zero attached hydrogens (tertiary/aromatic N) is 2. The van der Waals surface area contributed by atoms with Crippen LogP contribution in [-0.4, -0.2) is 11.9 Å². The quantitative estimate of drug-likeness (QED) is 0.486. The highest BCUT2D eigenvalue weighted by atomic mass is 16.5. The van der Waals surface area contributed by atoms with Crippen LogP contribution in [0.4, 0.5) is 11.4 Å². The molecule has 2 rings (SSSR count). The summed E-state index contributed by atoms with van der Waals surface area (Å²) in [6.45, 7) is 2.59. The number of hydrogen-bond donors (Lipinski definition) is 0. The summed E-state index contributed by atoms with van der Waals surface area (Å²) in [4.78, 5) is 22.1. The molecule has 0 saturated heterocycles. The Balaban J connectivity index is 2.33. The molecule has 0 fully saturated rings. The van der Waals surface area contributed by atoms with Gasteiger partial charge in [-0.3, -0.25) is 9.59 Å². The normalized spacial score (nSPS) is 10.5. The fraction of sp³-hybridized carbons (Fsp3) is 0.125. The number of benzene rings is 2. The number of esters is 2. The maximum absolute atomic E-state index is 11.1. The average molecular weight is 298 g/mol. The number of azo groups is 1. The van der Waals surface area contributed by atoms with E-state index < -0.39 is 11.9 Å². The zero-order valence-electron chi connectivity index (χ0n) is 12.1. The van der Waals surface area contributed by atoms with Crippen molar-refractivity contribution >= 4 is 23.3 Å². The predicted molar refractivity (Wildman–Crippen MR) is 79.7 cm³/mol. The Morgan fingerprint density at radius 1 is 0.864 bits per heavy atom. The zero-order chi connectivity index (χ0) is 15.9. The Morgan fingerprint density at radius 3 is 2.18 bits per heavy atom. The molecular formula is C16H14N2O4. The molecule has 0 heterocycles. The van der Waals surface area contributed by atoms with Crippen molar-refractivity contribution in [2.45, 2.75) is 13.8 Å². The van der Waals surface area contributed by atoms with Crippen molar-refractivity contribution in [3.8, 4) is 11.5 Å². The van der Waals surface area contributed by atoms with Crippen molar-refractivity contribution in [2.24, 2.45) is 10.2 Å². The summed E-state index contributed by atoms with van der Waals surface area (Å²) in [5, 5.41) is 8.11. The van der Waals surface area contributed by atoms with Crippen molar-refractivity contribution in [1.29, 1.82) is 0 Å². The molecule has 22 heavy (non-hydrogen) atoms. The van der Waals surface area contributed by atoms with Crippen molar-refractivity contribution in [3.63, 3.8) is 0 Å². The Labute approximate surface area is 127 Å². The van der Waals surface area contributed by atoms with Gasteiger partial charge in [0, 0.05) is 19.9 Å². The summed E-state index contributed by atoms with van der Waals surface area (Å²) in [5.74, 6) is -0.393. The molecule has 0 aliphatic rings. The van der Waals surface area contributed by atoms with Gasteiger partial charge in [-0.05, 0) is 24.3 Å². The standard InChI is InChI=1S/C16H14N2O4/c1-11(19)21-14-8-9-16(22-12(2)20)15(10-14)18-17-13-6-4-3-5-7-13/h3-10H,1-2H3. The molecule has 0 atom stereocenters. The number of hydrogen-bond acceptors (Lipinski definition) is 6. The minimum atomic E-state index is -0.476. The third-order valence-electron chi connectivity index (χ3n) is 2.48. The van der Waals surface area contributed by atoms with Crippen LogP contribution in [0.15, 0.2) is 58.8 Å². The summed E-state index contributed by atoms with van der Waals surface area (Å²) in [6, 6.07) is 13.6. The highest BCUT2D eigenvalue weighted by Gasteiger charge is 2.09. The van der Waals surface area contributed by atoms with Crippen LogP contribution in [0.25, 0.3) is 0 Å². The lowest BCUT2D eigenvalue weighted by molar-refractivity contribution is -0.133. The van der Waals surface area contributed by atoms with E-state index in [1.807, 2.05) is 18.2 Å². The first-order valence-corrected chi connectivity index (χ1v) is 6.52. The summed E-state index contributed by atoms with van der Waals surface area (Å²) in [6.07, 6.45) is 0. The van der Waals surface area contributed by atoms with Crippen molar-refractivity contribution in [1.82, 2.24) is 0 Å². The van der Waals surface area contributed by atoms with Crippen LogP contribution in [0.1, 0.15) is 13.8 Å². The summed E-state index contributed by atoms with van der Waals surface area (Å²) in [7, 11) is 0. The Hall–Kier alpha value is -3.02. The van der Waals surface area contributed by atoms with E-state index in [-0.39, 0.29) is 11.4 Å². The smallest absolute Gasteiger partial charge is 0.308 e. The van der Waals surface area contributed by atoms with E-state index in [1.165, 1.54) is 32.0 Å². The largest absolute Gasteiger partial charge is 0.427 e. The molecule has 112 valence electrons. The Kier molecular flexibility index (Phi) is 4.98. The van der Waals surface area contributed by atoms with Crippen LogP contribution < -0.4 is 9.47 Å². The number of rotatable bonds is 4. The molecule has 2 aromatic carbocycles. The van der Waals surface area contributed by atoms with Gasteiger partial charge in [-0.2, -0.15) is 5.11 Å². The van der Waals surface area contributed by atoms with Gasteiger partial charge in [-0.15, -0.1) is 5.11 Å². The lowest BCUT2D eigenvalue weighted by Crippen LogP contribution is -2.03. The lowest BCUT2D eigenvalue weighted by Gasteiger charge is -2.07. The van der Waals surface area contributed by atoms with Crippen LogP contribution >= 0.6 is 0 Å². The maximum atomic E-state index is 11.1. The molecule has 0 saturated carbocycles. The highest BCUT2D eigenvalue weighted by Crippen LogP contribution is 2.33. The monoisotopic (exact) mass is 298 g/mol. The average Bonchev–Trinajstić information content (AvgIpc) is 2.47. The fourth-order valence-electron chi connectivity index (χ4n) is 1.65. The summed E-state index contributed by atoms with van der Waals surface area (Å²) >= 11 is 0. The van der Waals surface area contributed by atoms with E-state index in [0.717, 1.165) is 0 Å². The number of carbonyl (C=O) groups is 2. The Morgan fingerprint density at radius 2 is 1.55 bits per heavy atom. The molecule has 0 N–H and O–H groups in total. The van der Waals surface area contributed by atoms with Gasteiger partial charge in [0.15, 0.2) is 5.75 Å². The van der Waals surface area contributed by atoms with E-state index in [0.29, 0.717) is 11.4 Å². The van der Waals surface area contributed by atoms with Gasteiger partial charge in [0.1, 0.15) is 11.4 Å². The molecule has 0 aliphatic carbocycles. The highest BCUT2D eigenvalue weighted by molar-refractivity contribution is 5.73. The molecular weight excluding hydrogens is 284 g/mol. The van der Waals surface area contributed by atoms with Crippen molar-refractivity contribution in [2.75, 3.05) is 0 Å². The van der Waals surface area contributed by atoms with E-state index in [9.17, 15) is 9.59 Å². The predicted octanol–water partition coefficient (Wildman–Crippen LogP) is 3.95. The van der Waals surface area contributed by atoms with E-state index in [1.54, 1.807) is 12.1 Å². The van der Waals surface area contributed by atoms with Gasteiger partial charge in [0.05, 0.1) is 5.69 Å². The first-order chi connectivity index (χ1) is 10.5. The SMILES string of the molecule is CC(=O)Oc1ccc(OC(C)=O)c(N=Nc2ccccc2)c1. The molecule has 0 unspecified atom stereocenters. The van der Waals surface area contributed by atoms with E-state index >= 15 is 0 Å². The second kappa shape index (κ2) is 7.12. The summed E-state index contributed by atoms with van der Waals surface area (Å²) < 4.78 is 10.0. The second-order valence-corrected chi connectivity index (χ2v) is 4.35. The van der Waals surface area contributed by atoms with Gasteiger partial charge in [-0.1, -0.05) is 18.2 Å². The third kappa shape index (κ3) is 4.52. The van der Waals surface area contributed by atoms with Crippen LogP contribution in [0.5, 0.6) is 11.5 Å². The van der Waals surface area contributed by atoms with Gasteiger partial charge in [-0.25, -0.2) is 0 Å². The summed E-state index contributed by atoms with van der Waals surface area (Å²) in [5.41, 5.74) is 0.937. The maximum Gasteiger partial charge on any atom is 0.308 e. The molecule has 0 bridgehead atoms. The van der Waals surface area contributed by atoms with Gasteiger partial charge in [0.2, 0.25) is 0 Å². The number of carbonyl (C=O) groups excluding carboxylic acids is 2. The van der Waals surface area contributed by atoms with Crippen molar-refractivity contribution < 1.29 is 19.1 Å².